The van der Waals surface area contributed by atoms with Crippen LogP contribution in [0.15, 0.2) is 85.1 Å². The normalized spacial score (nSPS) is 18.2. The third-order valence-corrected chi connectivity index (χ3v) is 7.05. The fourth-order valence-corrected chi connectivity index (χ4v) is 5.04. The highest BCUT2D eigenvalue weighted by atomic mass is 19.1. The lowest BCUT2D eigenvalue weighted by molar-refractivity contribution is -0.139. The lowest BCUT2D eigenvalue weighted by Crippen LogP contribution is -2.42. The van der Waals surface area contributed by atoms with Gasteiger partial charge in [-0.3, -0.25) is 9.48 Å². The number of aromatic amines is 1. The van der Waals surface area contributed by atoms with Crippen molar-refractivity contribution in [1.82, 2.24) is 24.6 Å². The number of ether oxygens (including phenoxy) is 1. The van der Waals surface area contributed by atoms with Crippen molar-refractivity contribution in [3.05, 3.63) is 108 Å². The number of fused-ring (bicyclic) bond motifs is 1. The van der Waals surface area contributed by atoms with E-state index in [0.717, 1.165) is 21.7 Å². The Balaban J connectivity index is 1.49. The molecule has 9 heteroatoms. The van der Waals surface area contributed by atoms with Gasteiger partial charge in [-0.25, -0.2) is 19.1 Å². The van der Waals surface area contributed by atoms with Gasteiger partial charge in [-0.15, -0.1) is 0 Å². The van der Waals surface area contributed by atoms with Crippen molar-refractivity contribution in [3.8, 4) is 11.3 Å². The number of imidazole rings is 1. The number of cyclic esters (lactones) is 1. The summed E-state index contributed by atoms with van der Waals surface area (Å²) in [6.07, 6.45) is 1.01. The minimum atomic E-state index is -1.71. The molecule has 8 nitrogen and oxygen atoms in total. The minimum Gasteiger partial charge on any atom is -0.424 e. The van der Waals surface area contributed by atoms with E-state index in [9.17, 15) is 14.0 Å². The average molecular weight is 510 g/mol. The van der Waals surface area contributed by atoms with Crippen LogP contribution in [0, 0.1) is 5.82 Å². The lowest BCUT2D eigenvalue weighted by atomic mass is 9.92. The number of halogens is 1. The Morgan fingerprint density at radius 2 is 1.76 bits per heavy atom. The summed E-state index contributed by atoms with van der Waals surface area (Å²) in [6.45, 7) is 1.71. The molecule has 190 valence electrons. The van der Waals surface area contributed by atoms with E-state index < -0.39 is 29.5 Å². The van der Waals surface area contributed by atoms with E-state index in [-0.39, 0.29) is 12.2 Å². The summed E-state index contributed by atoms with van der Waals surface area (Å²) in [4.78, 5) is 36.7. The van der Waals surface area contributed by atoms with Gasteiger partial charge in [-0.05, 0) is 42.3 Å². The van der Waals surface area contributed by atoms with E-state index >= 15 is 0 Å². The second-order valence-electron chi connectivity index (χ2n) is 9.39. The molecule has 0 spiro atoms. The smallest absolute Gasteiger partial charge is 0.418 e. The molecule has 5 aromatic rings. The summed E-state index contributed by atoms with van der Waals surface area (Å²) in [5.74, 6) is -0.705. The number of rotatable bonds is 6. The quantitative estimate of drug-likeness (QED) is 0.336. The van der Waals surface area contributed by atoms with Crippen LogP contribution in [0.5, 0.6) is 0 Å². The largest absolute Gasteiger partial charge is 0.424 e. The van der Waals surface area contributed by atoms with Crippen LogP contribution in [-0.4, -0.2) is 36.6 Å². The van der Waals surface area contributed by atoms with Crippen LogP contribution in [0.25, 0.3) is 22.3 Å². The SMILES string of the molecule is C[C@H](c1ccc(F)cc1)N1C(=O)O[C@](Cc2ccccc2)(c2nc3c(-c4ccnn4C)cccc3[nH]2)C1=O. The van der Waals surface area contributed by atoms with Crippen LogP contribution in [0.4, 0.5) is 9.18 Å². The zero-order valence-electron chi connectivity index (χ0n) is 20.8. The third kappa shape index (κ3) is 3.75. The highest BCUT2D eigenvalue weighted by molar-refractivity contribution is 6.04. The molecule has 6 rings (SSSR count). The predicted molar refractivity (Wildman–Crippen MR) is 138 cm³/mol. The number of aromatic nitrogens is 4. The van der Waals surface area contributed by atoms with Crippen LogP contribution >= 0.6 is 0 Å². The number of nitrogens with zero attached hydrogens (tertiary/aromatic N) is 4. The Kier molecular flexibility index (Phi) is 5.56. The number of hydrogen-bond donors (Lipinski definition) is 1. The molecule has 2 amide bonds. The second-order valence-corrected chi connectivity index (χ2v) is 9.39. The van der Waals surface area contributed by atoms with Crippen molar-refractivity contribution >= 4 is 23.0 Å². The first-order valence-corrected chi connectivity index (χ1v) is 12.2. The highest BCUT2D eigenvalue weighted by Gasteiger charge is 2.58. The summed E-state index contributed by atoms with van der Waals surface area (Å²) in [5.41, 5.74) is 2.70. The monoisotopic (exact) mass is 509 g/mol. The number of H-pyrrole nitrogens is 1. The maximum absolute atomic E-state index is 14.2. The molecule has 3 heterocycles. The summed E-state index contributed by atoms with van der Waals surface area (Å²) >= 11 is 0. The maximum Gasteiger partial charge on any atom is 0.418 e. The molecular weight excluding hydrogens is 485 g/mol. The standard InChI is InChI=1S/C29H24FN5O3/c1-18(20-11-13-21(30)14-12-20)35-27(36)29(38-28(35)37,17-19-7-4-3-5-8-19)26-32-23-10-6-9-22(25(23)33-26)24-15-16-31-34(24)2/h3-16,18H,17H2,1-2H3,(H,32,33)/t18-,29-/m1/s1. The molecule has 3 aromatic carbocycles. The highest BCUT2D eigenvalue weighted by Crippen LogP contribution is 2.41. The fourth-order valence-electron chi connectivity index (χ4n) is 5.04. The van der Waals surface area contributed by atoms with E-state index in [4.69, 9.17) is 9.72 Å². The zero-order valence-corrected chi connectivity index (χ0v) is 20.8. The van der Waals surface area contributed by atoms with Gasteiger partial charge < -0.3 is 9.72 Å². The Morgan fingerprint density at radius 3 is 2.47 bits per heavy atom. The van der Waals surface area contributed by atoms with Crippen molar-refractivity contribution in [2.75, 3.05) is 0 Å². The molecule has 0 bridgehead atoms. The summed E-state index contributed by atoms with van der Waals surface area (Å²) < 4.78 is 21.3. The Hall–Kier alpha value is -4.79. The van der Waals surface area contributed by atoms with Gasteiger partial charge in [0.1, 0.15) is 5.82 Å². The number of nitrogens with one attached hydrogen (secondary N) is 1. The molecule has 0 aliphatic carbocycles. The van der Waals surface area contributed by atoms with E-state index in [2.05, 4.69) is 10.1 Å². The number of para-hydroxylation sites is 1. The zero-order chi connectivity index (χ0) is 26.4. The molecule has 1 saturated heterocycles. The van der Waals surface area contributed by atoms with Gasteiger partial charge in [0.05, 0.1) is 22.8 Å². The van der Waals surface area contributed by atoms with Gasteiger partial charge in [-0.2, -0.15) is 5.10 Å². The van der Waals surface area contributed by atoms with Gasteiger partial charge in [0.2, 0.25) is 0 Å². The summed E-state index contributed by atoms with van der Waals surface area (Å²) in [7, 11) is 1.84. The van der Waals surface area contributed by atoms with Crippen molar-refractivity contribution in [3.63, 3.8) is 0 Å². The molecule has 0 saturated carbocycles. The number of carbonyl (C=O) groups is 2. The third-order valence-electron chi connectivity index (χ3n) is 7.05. The first-order valence-electron chi connectivity index (χ1n) is 12.2. The maximum atomic E-state index is 14.2. The molecule has 38 heavy (non-hydrogen) atoms. The molecule has 2 atom stereocenters. The topological polar surface area (TPSA) is 93.1 Å². The predicted octanol–water partition coefficient (Wildman–Crippen LogP) is 5.28. The van der Waals surface area contributed by atoms with E-state index in [1.165, 1.54) is 12.1 Å². The molecule has 0 unspecified atom stereocenters. The number of hydrogen-bond acceptors (Lipinski definition) is 5. The number of amides is 2. The van der Waals surface area contributed by atoms with Crippen LogP contribution in [0.2, 0.25) is 0 Å². The molecule has 1 fully saturated rings. The van der Waals surface area contributed by atoms with E-state index in [0.29, 0.717) is 16.6 Å². The molecule has 1 aliphatic rings. The van der Waals surface area contributed by atoms with Crippen LogP contribution in [-0.2, 0) is 28.6 Å². The Morgan fingerprint density at radius 1 is 1.00 bits per heavy atom. The van der Waals surface area contributed by atoms with E-state index in [1.807, 2.05) is 61.6 Å². The lowest BCUT2D eigenvalue weighted by Gasteiger charge is -2.25. The first kappa shape index (κ1) is 23.6. The van der Waals surface area contributed by atoms with Gasteiger partial charge in [0, 0.05) is 25.2 Å². The van der Waals surface area contributed by atoms with Gasteiger partial charge in [0.15, 0.2) is 5.82 Å². The molecule has 0 radical (unpaired) electrons. The van der Waals surface area contributed by atoms with Gasteiger partial charge in [-0.1, -0.05) is 54.6 Å². The van der Waals surface area contributed by atoms with Gasteiger partial charge >= 0.3 is 6.09 Å². The summed E-state index contributed by atoms with van der Waals surface area (Å²) in [5, 5.41) is 4.26. The van der Waals surface area contributed by atoms with E-state index in [1.54, 1.807) is 29.9 Å². The number of imide groups is 1. The minimum absolute atomic E-state index is 0.0892. The van der Waals surface area contributed by atoms with Gasteiger partial charge in [0.25, 0.3) is 11.5 Å². The molecule has 1 N–H and O–H groups in total. The first-order chi connectivity index (χ1) is 18.4. The number of carbonyl (C=O) groups excluding carboxylic acids is 2. The fraction of sp³-hybridized carbons (Fsp3) is 0.172. The number of aryl methyl sites for hydroxylation is 1. The average Bonchev–Trinajstić information content (AvgIpc) is 3.61. The van der Waals surface area contributed by atoms with Crippen molar-refractivity contribution in [2.24, 2.45) is 7.05 Å². The van der Waals surface area contributed by atoms with Crippen LogP contribution < -0.4 is 0 Å². The summed E-state index contributed by atoms with van der Waals surface area (Å²) in [6, 6.07) is 22.0. The van der Waals surface area contributed by atoms with Crippen LogP contribution in [0.3, 0.4) is 0 Å². The van der Waals surface area contributed by atoms with Crippen molar-refractivity contribution < 1.29 is 18.7 Å². The molecule has 2 aromatic heterocycles. The van der Waals surface area contributed by atoms with Crippen molar-refractivity contribution in [1.29, 1.82) is 0 Å². The van der Waals surface area contributed by atoms with Crippen molar-refractivity contribution in [2.45, 2.75) is 25.0 Å². The number of benzene rings is 3. The van der Waals surface area contributed by atoms with Crippen LogP contribution in [0.1, 0.15) is 29.9 Å². The second kappa shape index (κ2) is 8.95. The Bertz CT molecular complexity index is 1660. The molecular formula is C29H24FN5O3. The molecule has 1 aliphatic heterocycles. The Labute approximate surface area is 217 Å².